The molecule has 0 aliphatic carbocycles. The molecule has 1 aromatic carbocycles. The Bertz CT molecular complexity index is 631. The lowest BCUT2D eigenvalue weighted by molar-refractivity contribution is -0.122. The second-order valence-corrected chi connectivity index (χ2v) is 8.04. The van der Waals surface area contributed by atoms with Gasteiger partial charge in [-0.15, -0.1) is 0 Å². The molecule has 1 aromatic rings. The van der Waals surface area contributed by atoms with Crippen molar-refractivity contribution >= 4 is 15.7 Å². The van der Waals surface area contributed by atoms with Crippen LogP contribution < -0.4 is 5.32 Å². The molecule has 0 radical (unpaired) electrons. The quantitative estimate of drug-likeness (QED) is 0.880. The van der Waals surface area contributed by atoms with Gasteiger partial charge < -0.3 is 5.32 Å². The summed E-state index contributed by atoms with van der Waals surface area (Å²) in [5.41, 5.74) is 0.917. The first-order valence-corrected chi connectivity index (χ1v) is 9.04. The van der Waals surface area contributed by atoms with Gasteiger partial charge in [-0.25, -0.2) is 12.8 Å². The summed E-state index contributed by atoms with van der Waals surface area (Å²) in [6.07, 6.45) is 0.477. The number of carbonyl (C=O) groups is 1. The summed E-state index contributed by atoms with van der Waals surface area (Å²) < 4.78 is 35.7. The average Bonchev–Trinajstić information content (AvgIpc) is 2.77. The molecule has 7 heteroatoms. The summed E-state index contributed by atoms with van der Waals surface area (Å²) in [4.78, 5) is 13.8. The maximum absolute atomic E-state index is 12.9. The van der Waals surface area contributed by atoms with Gasteiger partial charge in [-0.2, -0.15) is 0 Å². The van der Waals surface area contributed by atoms with Gasteiger partial charge in [-0.1, -0.05) is 12.1 Å². The van der Waals surface area contributed by atoms with Crippen LogP contribution in [-0.2, 0) is 14.6 Å². The molecule has 1 heterocycles. The lowest BCUT2D eigenvalue weighted by atomic mass is 10.1. The van der Waals surface area contributed by atoms with Crippen LogP contribution in [0.4, 0.5) is 4.39 Å². The summed E-state index contributed by atoms with van der Waals surface area (Å²) >= 11 is 0. The SMILES string of the molecule is C[C@@H](c1ccc(F)cc1)N(C)CC(=O)N[C@@H]1CCS(=O)(=O)C1. The zero-order chi connectivity index (χ0) is 16.3. The highest BCUT2D eigenvalue weighted by molar-refractivity contribution is 7.91. The second kappa shape index (κ2) is 6.75. The van der Waals surface area contributed by atoms with Crippen molar-refractivity contribution in [3.63, 3.8) is 0 Å². The van der Waals surface area contributed by atoms with Gasteiger partial charge in [0, 0.05) is 12.1 Å². The number of sulfone groups is 1. The van der Waals surface area contributed by atoms with Crippen LogP contribution in [0.1, 0.15) is 24.9 Å². The number of likely N-dealkylation sites (N-methyl/N-ethyl adjacent to an activating group) is 1. The Labute approximate surface area is 130 Å². The molecule has 2 atom stereocenters. The van der Waals surface area contributed by atoms with Gasteiger partial charge >= 0.3 is 0 Å². The topological polar surface area (TPSA) is 66.5 Å². The molecule has 2 rings (SSSR count). The molecular weight excluding hydrogens is 307 g/mol. The number of carbonyl (C=O) groups excluding carboxylic acids is 1. The van der Waals surface area contributed by atoms with E-state index < -0.39 is 9.84 Å². The fraction of sp³-hybridized carbons (Fsp3) is 0.533. The molecule has 1 aliphatic heterocycles. The van der Waals surface area contributed by atoms with E-state index in [1.165, 1.54) is 12.1 Å². The Morgan fingerprint density at radius 2 is 2.05 bits per heavy atom. The van der Waals surface area contributed by atoms with Gasteiger partial charge in [0.2, 0.25) is 5.91 Å². The minimum Gasteiger partial charge on any atom is -0.351 e. The Balaban J connectivity index is 1.87. The molecule has 22 heavy (non-hydrogen) atoms. The third-order valence-electron chi connectivity index (χ3n) is 4.00. The third-order valence-corrected chi connectivity index (χ3v) is 5.77. The number of rotatable bonds is 5. The van der Waals surface area contributed by atoms with E-state index in [4.69, 9.17) is 0 Å². The molecule has 1 N–H and O–H groups in total. The van der Waals surface area contributed by atoms with Crippen LogP contribution in [0.2, 0.25) is 0 Å². The van der Waals surface area contributed by atoms with E-state index in [1.54, 1.807) is 19.2 Å². The van der Waals surface area contributed by atoms with E-state index in [2.05, 4.69) is 5.32 Å². The van der Waals surface area contributed by atoms with Crippen molar-refractivity contribution < 1.29 is 17.6 Å². The minimum absolute atomic E-state index is 0.0238. The molecule has 0 saturated carbocycles. The van der Waals surface area contributed by atoms with E-state index in [9.17, 15) is 17.6 Å². The lowest BCUT2D eigenvalue weighted by Gasteiger charge is -2.25. The van der Waals surface area contributed by atoms with Crippen LogP contribution in [-0.4, -0.2) is 50.4 Å². The number of hydrogen-bond acceptors (Lipinski definition) is 4. The lowest BCUT2D eigenvalue weighted by Crippen LogP contribution is -2.42. The molecule has 0 spiro atoms. The fourth-order valence-electron chi connectivity index (χ4n) is 2.54. The van der Waals surface area contributed by atoms with Crippen molar-refractivity contribution in [2.75, 3.05) is 25.1 Å². The second-order valence-electron chi connectivity index (χ2n) is 5.81. The Morgan fingerprint density at radius 1 is 1.41 bits per heavy atom. The molecule has 1 fully saturated rings. The number of nitrogens with one attached hydrogen (secondary N) is 1. The van der Waals surface area contributed by atoms with Crippen molar-refractivity contribution in [2.24, 2.45) is 0 Å². The number of amides is 1. The Kier molecular flexibility index (Phi) is 5.18. The monoisotopic (exact) mass is 328 g/mol. The average molecular weight is 328 g/mol. The summed E-state index contributed by atoms with van der Waals surface area (Å²) in [6, 6.07) is 5.84. The van der Waals surface area contributed by atoms with E-state index in [0.717, 1.165) is 5.56 Å². The number of hydrogen-bond donors (Lipinski definition) is 1. The molecule has 0 bridgehead atoms. The van der Waals surface area contributed by atoms with Gasteiger partial charge in [0.1, 0.15) is 5.82 Å². The van der Waals surface area contributed by atoms with Gasteiger partial charge in [0.05, 0.1) is 18.1 Å². The highest BCUT2D eigenvalue weighted by Crippen LogP contribution is 2.18. The van der Waals surface area contributed by atoms with Crippen LogP contribution in [0.15, 0.2) is 24.3 Å². The number of nitrogens with zero attached hydrogens (tertiary/aromatic N) is 1. The fourth-order valence-corrected chi connectivity index (χ4v) is 4.21. The van der Waals surface area contributed by atoms with Gasteiger partial charge in [0.15, 0.2) is 9.84 Å². The molecule has 0 aromatic heterocycles. The van der Waals surface area contributed by atoms with E-state index in [0.29, 0.717) is 6.42 Å². The molecule has 0 unspecified atom stereocenters. The number of halogens is 1. The summed E-state index contributed by atoms with van der Waals surface area (Å²) in [5.74, 6) is -0.326. The predicted molar refractivity (Wildman–Crippen MR) is 82.6 cm³/mol. The first-order valence-electron chi connectivity index (χ1n) is 7.22. The molecular formula is C15H21FN2O3S. The number of benzene rings is 1. The summed E-state index contributed by atoms with van der Waals surface area (Å²) in [6.45, 7) is 2.09. The standard InChI is InChI=1S/C15H21FN2O3S/c1-11(12-3-5-13(16)6-4-12)18(2)9-15(19)17-14-7-8-22(20,21)10-14/h3-6,11,14H,7-10H2,1-2H3,(H,17,19)/t11-,14+/m0/s1. The predicted octanol–water partition coefficient (Wildman–Crippen LogP) is 1.12. The van der Waals surface area contributed by atoms with Crippen molar-refractivity contribution in [1.82, 2.24) is 10.2 Å². The Morgan fingerprint density at radius 3 is 2.59 bits per heavy atom. The van der Waals surface area contributed by atoms with Gasteiger partial charge in [-0.3, -0.25) is 9.69 Å². The molecule has 1 saturated heterocycles. The third kappa shape index (κ3) is 4.51. The largest absolute Gasteiger partial charge is 0.351 e. The van der Waals surface area contributed by atoms with Crippen molar-refractivity contribution in [3.8, 4) is 0 Å². The minimum atomic E-state index is -3.00. The van der Waals surface area contributed by atoms with Crippen LogP contribution >= 0.6 is 0 Å². The van der Waals surface area contributed by atoms with Crippen LogP contribution in [0.25, 0.3) is 0 Å². The van der Waals surface area contributed by atoms with Crippen molar-refractivity contribution in [1.29, 1.82) is 0 Å². The van der Waals surface area contributed by atoms with Crippen LogP contribution in [0, 0.1) is 5.82 Å². The van der Waals surface area contributed by atoms with E-state index in [1.807, 2.05) is 11.8 Å². The zero-order valence-electron chi connectivity index (χ0n) is 12.8. The first-order chi connectivity index (χ1) is 10.3. The molecule has 5 nitrogen and oxygen atoms in total. The van der Waals surface area contributed by atoms with Gasteiger partial charge in [-0.05, 0) is 38.1 Å². The highest BCUT2D eigenvalue weighted by atomic mass is 32.2. The Hall–Kier alpha value is -1.47. The van der Waals surface area contributed by atoms with E-state index in [-0.39, 0.29) is 41.9 Å². The molecule has 1 amide bonds. The maximum atomic E-state index is 12.9. The van der Waals surface area contributed by atoms with Crippen LogP contribution in [0.3, 0.4) is 0 Å². The summed E-state index contributed by atoms with van der Waals surface area (Å²) in [7, 11) is -1.19. The van der Waals surface area contributed by atoms with E-state index >= 15 is 0 Å². The van der Waals surface area contributed by atoms with Crippen molar-refractivity contribution in [2.45, 2.75) is 25.4 Å². The first kappa shape index (κ1) is 16.9. The molecule has 122 valence electrons. The van der Waals surface area contributed by atoms with Gasteiger partial charge in [0.25, 0.3) is 0 Å². The highest BCUT2D eigenvalue weighted by Gasteiger charge is 2.29. The molecule has 1 aliphatic rings. The maximum Gasteiger partial charge on any atom is 0.234 e. The zero-order valence-corrected chi connectivity index (χ0v) is 13.6. The van der Waals surface area contributed by atoms with Crippen LogP contribution in [0.5, 0.6) is 0 Å². The van der Waals surface area contributed by atoms with Crippen molar-refractivity contribution in [3.05, 3.63) is 35.6 Å². The summed E-state index contributed by atoms with van der Waals surface area (Å²) in [5, 5.41) is 2.76. The smallest absolute Gasteiger partial charge is 0.234 e. The normalized spacial score (nSPS) is 21.7.